The summed E-state index contributed by atoms with van der Waals surface area (Å²) in [7, 11) is 0. The van der Waals surface area contributed by atoms with E-state index in [0.29, 0.717) is 31.1 Å². The van der Waals surface area contributed by atoms with Crippen LogP contribution < -0.4 is 10.2 Å². The van der Waals surface area contributed by atoms with Gasteiger partial charge in [0.15, 0.2) is 0 Å². The highest BCUT2D eigenvalue weighted by molar-refractivity contribution is 5.89. The Morgan fingerprint density at radius 1 is 1.36 bits per heavy atom. The number of rotatable bonds is 4. The summed E-state index contributed by atoms with van der Waals surface area (Å²) >= 11 is 0. The maximum atomic E-state index is 11.6. The summed E-state index contributed by atoms with van der Waals surface area (Å²) in [6.07, 6.45) is 1.22. The van der Waals surface area contributed by atoms with Gasteiger partial charge in [-0.1, -0.05) is 12.1 Å². The van der Waals surface area contributed by atoms with Gasteiger partial charge in [-0.3, -0.25) is 4.90 Å². The third-order valence-electron chi connectivity index (χ3n) is 3.35. The van der Waals surface area contributed by atoms with Crippen molar-refractivity contribution in [2.24, 2.45) is 0 Å². The summed E-state index contributed by atoms with van der Waals surface area (Å²) < 4.78 is 4.95. The molecule has 1 aliphatic heterocycles. The molecule has 22 heavy (non-hydrogen) atoms. The molecule has 0 unspecified atom stereocenters. The molecule has 1 amide bonds. The number of ether oxygens (including phenoxy) is 1. The van der Waals surface area contributed by atoms with Crippen molar-refractivity contribution in [3.63, 3.8) is 0 Å². The van der Waals surface area contributed by atoms with E-state index < -0.39 is 0 Å². The van der Waals surface area contributed by atoms with Crippen LogP contribution in [0.3, 0.4) is 0 Å². The minimum absolute atomic E-state index is 0.307. The topological polar surface area (TPSA) is 78.3 Å². The first-order valence-electron chi connectivity index (χ1n) is 6.89. The van der Waals surface area contributed by atoms with Crippen LogP contribution in [0.1, 0.15) is 11.1 Å². The zero-order chi connectivity index (χ0) is 15.4. The van der Waals surface area contributed by atoms with Crippen LogP contribution in [0.15, 0.2) is 42.6 Å². The molecule has 0 radical (unpaired) electrons. The first-order chi connectivity index (χ1) is 10.8. The zero-order valence-electron chi connectivity index (χ0n) is 11.8. The Labute approximate surface area is 128 Å². The molecule has 1 N–H and O–H groups in total. The highest BCUT2D eigenvalue weighted by atomic mass is 16.6. The fourth-order valence-corrected chi connectivity index (χ4v) is 2.22. The molecule has 1 aliphatic rings. The summed E-state index contributed by atoms with van der Waals surface area (Å²) in [5.41, 5.74) is 2.39. The van der Waals surface area contributed by atoms with E-state index in [4.69, 9.17) is 10.00 Å². The lowest BCUT2D eigenvalue weighted by Crippen LogP contribution is -2.23. The molecule has 1 fully saturated rings. The number of carbonyl (C=O) groups is 1. The summed E-state index contributed by atoms with van der Waals surface area (Å²) in [4.78, 5) is 17.4. The fourth-order valence-electron chi connectivity index (χ4n) is 2.22. The molecular formula is C16H14N4O2. The largest absolute Gasteiger partial charge is 0.447 e. The molecule has 0 saturated carbocycles. The maximum Gasteiger partial charge on any atom is 0.414 e. The lowest BCUT2D eigenvalue weighted by Gasteiger charge is -2.14. The minimum atomic E-state index is -0.307. The number of amides is 1. The molecule has 2 heterocycles. The second-order valence-electron chi connectivity index (χ2n) is 4.83. The van der Waals surface area contributed by atoms with E-state index in [1.807, 2.05) is 30.3 Å². The van der Waals surface area contributed by atoms with Gasteiger partial charge in [0, 0.05) is 18.4 Å². The van der Waals surface area contributed by atoms with Gasteiger partial charge in [-0.2, -0.15) is 5.26 Å². The molecular weight excluding hydrogens is 280 g/mol. The summed E-state index contributed by atoms with van der Waals surface area (Å²) in [6, 6.07) is 13.2. The number of nitrogens with one attached hydrogen (secondary N) is 1. The van der Waals surface area contributed by atoms with Crippen LogP contribution >= 0.6 is 0 Å². The van der Waals surface area contributed by atoms with Gasteiger partial charge in [-0.25, -0.2) is 9.78 Å². The second-order valence-corrected chi connectivity index (χ2v) is 4.83. The lowest BCUT2D eigenvalue weighted by molar-refractivity contribution is 0.181. The van der Waals surface area contributed by atoms with Crippen LogP contribution in [0.5, 0.6) is 0 Å². The standard InChI is InChI=1S/C16H14N4O2/c17-9-13-4-5-15(19-11-13)18-10-12-2-1-3-14(8-12)20-6-7-22-16(20)21/h1-5,8,11H,6-7,10H2,(H,18,19). The van der Waals surface area contributed by atoms with Gasteiger partial charge in [-0.15, -0.1) is 0 Å². The zero-order valence-corrected chi connectivity index (χ0v) is 11.8. The third kappa shape index (κ3) is 2.99. The van der Waals surface area contributed by atoms with Gasteiger partial charge in [-0.05, 0) is 29.8 Å². The quantitative estimate of drug-likeness (QED) is 0.937. The molecule has 110 valence electrons. The van der Waals surface area contributed by atoms with Crippen molar-refractivity contribution in [1.29, 1.82) is 5.26 Å². The fraction of sp³-hybridized carbons (Fsp3) is 0.188. The van der Waals surface area contributed by atoms with Crippen LogP contribution in [-0.2, 0) is 11.3 Å². The normalized spacial score (nSPS) is 13.6. The summed E-state index contributed by atoms with van der Waals surface area (Å²) in [6.45, 7) is 1.58. The average molecular weight is 294 g/mol. The number of aromatic nitrogens is 1. The van der Waals surface area contributed by atoms with E-state index in [-0.39, 0.29) is 6.09 Å². The molecule has 1 aromatic heterocycles. The Balaban J connectivity index is 1.67. The molecule has 6 heteroatoms. The van der Waals surface area contributed by atoms with Crippen LogP contribution in [0, 0.1) is 11.3 Å². The van der Waals surface area contributed by atoms with Gasteiger partial charge >= 0.3 is 6.09 Å². The van der Waals surface area contributed by atoms with Crippen molar-refractivity contribution in [3.8, 4) is 6.07 Å². The number of anilines is 2. The van der Waals surface area contributed by atoms with E-state index in [9.17, 15) is 4.79 Å². The van der Waals surface area contributed by atoms with E-state index in [1.54, 1.807) is 17.0 Å². The number of hydrogen-bond donors (Lipinski definition) is 1. The smallest absolute Gasteiger partial charge is 0.414 e. The number of cyclic esters (lactones) is 1. The second kappa shape index (κ2) is 6.14. The molecule has 2 aromatic rings. The molecule has 0 atom stereocenters. The average Bonchev–Trinajstić information content (AvgIpc) is 3.00. The predicted molar refractivity (Wildman–Crippen MR) is 81.4 cm³/mol. The van der Waals surface area contributed by atoms with Crippen LogP contribution in [0.2, 0.25) is 0 Å². The van der Waals surface area contributed by atoms with Crippen LogP contribution in [0.4, 0.5) is 16.3 Å². The summed E-state index contributed by atoms with van der Waals surface area (Å²) in [5, 5.41) is 11.9. The van der Waals surface area contributed by atoms with Crippen LogP contribution in [-0.4, -0.2) is 24.2 Å². The van der Waals surface area contributed by atoms with Gasteiger partial charge in [0.25, 0.3) is 0 Å². The summed E-state index contributed by atoms with van der Waals surface area (Å²) in [5.74, 6) is 0.699. The monoisotopic (exact) mass is 294 g/mol. The van der Waals surface area contributed by atoms with Crippen molar-refractivity contribution >= 4 is 17.6 Å². The number of hydrogen-bond acceptors (Lipinski definition) is 5. The maximum absolute atomic E-state index is 11.6. The van der Waals surface area contributed by atoms with Crippen molar-refractivity contribution in [1.82, 2.24) is 4.98 Å². The molecule has 3 rings (SSSR count). The predicted octanol–water partition coefficient (Wildman–Crippen LogP) is 2.52. The Hall–Kier alpha value is -3.07. The Kier molecular flexibility index (Phi) is 3.88. The molecule has 0 bridgehead atoms. The van der Waals surface area contributed by atoms with Crippen molar-refractivity contribution in [2.75, 3.05) is 23.4 Å². The van der Waals surface area contributed by atoms with E-state index in [0.717, 1.165) is 11.3 Å². The number of pyridine rings is 1. The number of benzene rings is 1. The van der Waals surface area contributed by atoms with Crippen molar-refractivity contribution in [3.05, 3.63) is 53.7 Å². The Morgan fingerprint density at radius 2 is 2.27 bits per heavy atom. The van der Waals surface area contributed by atoms with Crippen molar-refractivity contribution < 1.29 is 9.53 Å². The first kappa shape index (κ1) is 13.9. The van der Waals surface area contributed by atoms with Crippen molar-refractivity contribution in [2.45, 2.75) is 6.54 Å². The SMILES string of the molecule is N#Cc1ccc(NCc2cccc(N3CCOC3=O)c2)nc1. The highest BCUT2D eigenvalue weighted by Crippen LogP contribution is 2.20. The van der Waals surface area contributed by atoms with Gasteiger partial charge in [0.1, 0.15) is 18.5 Å². The Morgan fingerprint density at radius 3 is 2.95 bits per heavy atom. The molecule has 6 nitrogen and oxygen atoms in total. The third-order valence-corrected chi connectivity index (χ3v) is 3.35. The Bertz CT molecular complexity index is 722. The van der Waals surface area contributed by atoms with Crippen LogP contribution in [0.25, 0.3) is 0 Å². The number of nitrogens with zero attached hydrogens (tertiary/aromatic N) is 3. The first-order valence-corrected chi connectivity index (χ1v) is 6.89. The molecule has 0 spiro atoms. The van der Waals surface area contributed by atoms with E-state index in [2.05, 4.69) is 10.3 Å². The molecule has 1 saturated heterocycles. The lowest BCUT2D eigenvalue weighted by atomic mass is 10.2. The van der Waals surface area contributed by atoms with Gasteiger partial charge < -0.3 is 10.1 Å². The minimum Gasteiger partial charge on any atom is -0.447 e. The van der Waals surface area contributed by atoms with Gasteiger partial charge in [0.05, 0.1) is 12.1 Å². The molecule has 0 aliphatic carbocycles. The van der Waals surface area contributed by atoms with Gasteiger partial charge in [0.2, 0.25) is 0 Å². The number of carbonyl (C=O) groups excluding carboxylic acids is 1. The highest BCUT2D eigenvalue weighted by Gasteiger charge is 2.23. The van der Waals surface area contributed by atoms with E-state index >= 15 is 0 Å². The molecule has 1 aromatic carbocycles. The number of nitriles is 1. The van der Waals surface area contributed by atoms with E-state index in [1.165, 1.54) is 6.20 Å².